The van der Waals surface area contributed by atoms with E-state index in [4.69, 9.17) is 5.73 Å². The fourth-order valence-corrected chi connectivity index (χ4v) is 1.92. The molecule has 0 aliphatic heterocycles. The lowest BCUT2D eigenvalue weighted by molar-refractivity contribution is -0.274. The summed E-state index contributed by atoms with van der Waals surface area (Å²) < 4.78 is 66.5. The molecule has 1 aromatic heterocycles. The van der Waals surface area contributed by atoms with Crippen LogP contribution in [0.5, 0.6) is 5.75 Å². The summed E-state index contributed by atoms with van der Waals surface area (Å²) in [5.41, 5.74) is 7.10. The molecule has 0 fully saturated rings. The van der Waals surface area contributed by atoms with Crippen molar-refractivity contribution < 1.29 is 26.7 Å². The lowest BCUT2D eigenvalue weighted by Gasteiger charge is -2.09. The van der Waals surface area contributed by atoms with Gasteiger partial charge in [-0.15, -0.1) is 24.5 Å². The van der Waals surface area contributed by atoms with Gasteiger partial charge in [0.2, 0.25) is 5.13 Å². The average molecular weight is 338 g/mol. The van der Waals surface area contributed by atoms with E-state index >= 15 is 0 Å². The number of anilines is 2. The van der Waals surface area contributed by atoms with E-state index in [1.807, 2.05) is 0 Å². The van der Waals surface area contributed by atoms with E-state index in [0.717, 1.165) is 17.6 Å². The van der Waals surface area contributed by atoms with Crippen LogP contribution in [-0.4, -0.2) is 17.6 Å². The molecular formula is C11H7F5N4OS. The number of nitrogens with one attached hydrogen (secondary N) is 1. The first kappa shape index (κ1) is 15.9. The van der Waals surface area contributed by atoms with Crippen LogP contribution in [0.3, 0.4) is 0 Å². The van der Waals surface area contributed by atoms with Crippen LogP contribution in [0.4, 0.5) is 32.9 Å². The number of benzene rings is 1. The third-order valence-electron chi connectivity index (χ3n) is 2.16. The Morgan fingerprint density at radius 3 is 2.41 bits per heavy atom. The molecule has 1 heterocycles. The van der Waals surface area contributed by atoms with Crippen LogP contribution >= 0.6 is 11.3 Å². The van der Waals surface area contributed by atoms with Gasteiger partial charge in [-0.1, -0.05) is 0 Å². The lowest BCUT2D eigenvalue weighted by Crippen LogP contribution is -2.17. The Labute approximate surface area is 124 Å². The number of halogens is 5. The Bertz CT molecular complexity index is 677. The molecule has 0 spiro atoms. The molecule has 11 heteroatoms. The third-order valence-corrected chi connectivity index (χ3v) is 2.93. The van der Waals surface area contributed by atoms with Crippen molar-refractivity contribution >= 4 is 28.5 Å². The van der Waals surface area contributed by atoms with Crippen LogP contribution in [0.15, 0.2) is 22.6 Å². The molecular weight excluding hydrogens is 331 g/mol. The summed E-state index contributed by atoms with van der Waals surface area (Å²) in [5, 5.41) is 5.33. The van der Waals surface area contributed by atoms with Gasteiger partial charge in [-0.25, -0.2) is 13.8 Å². The van der Waals surface area contributed by atoms with Gasteiger partial charge in [-0.3, -0.25) is 5.43 Å². The molecule has 3 N–H and O–H groups in total. The molecule has 0 bridgehead atoms. The van der Waals surface area contributed by atoms with Gasteiger partial charge < -0.3 is 10.5 Å². The van der Waals surface area contributed by atoms with Crippen molar-refractivity contribution in [1.82, 2.24) is 4.98 Å². The Balaban J connectivity index is 2.14. The highest BCUT2D eigenvalue weighted by Crippen LogP contribution is 2.26. The number of hydrogen-bond acceptors (Lipinski definition) is 6. The molecule has 1 aromatic carbocycles. The highest BCUT2D eigenvalue weighted by Gasteiger charge is 2.31. The fraction of sp³-hybridized carbons (Fsp3) is 0.0909. The van der Waals surface area contributed by atoms with E-state index in [0.29, 0.717) is 12.1 Å². The van der Waals surface area contributed by atoms with Crippen molar-refractivity contribution in [2.24, 2.45) is 5.10 Å². The van der Waals surface area contributed by atoms with E-state index in [9.17, 15) is 22.0 Å². The van der Waals surface area contributed by atoms with Gasteiger partial charge in [0.25, 0.3) is 0 Å². The Morgan fingerprint density at radius 1 is 1.27 bits per heavy atom. The van der Waals surface area contributed by atoms with E-state index in [1.165, 1.54) is 5.38 Å². The second-order valence-electron chi connectivity index (χ2n) is 3.80. The summed E-state index contributed by atoms with van der Waals surface area (Å²) in [4.78, 5) is 3.78. The molecule has 0 atom stereocenters. The third kappa shape index (κ3) is 4.28. The molecule has 0 aliphatic rings. The average Bonchev–Trinajstić information content (AvgIpc) is 2.76. The Kier molecular flexibility index (Phi) is 4.45. The highest BCUT2D eigenvalue weighted by molar-refractivity contribution is 7.14. The number of nitrogens with two attached hydrogens (primary N) is 1. The van der Waals surface area contributed by atoms with Crippen molar-refractivity contribution in [3.05, 3.63) is 34.7 Å². The van der Waals surface area contributed by atoms with Crippen molar-refractivity contribution in [3.63, 3.8) is 0 Å². The molecule has 5 nitrogen and oxygen atoms in total. The lowest BCUT2D eigenvalue weighted by atomic mass is 10.2. The molecule has 2 rings (SSSR count). The second-order valence-corrected chi connectivity index (χ2v) is 4.65. The minimum Gasteiger partial charge on any atom is -0.406 e. The number of alkyl halides is 3. The van der Waals surface area contributed by atoms with Crippen LogP contribution < -0.4 is 15.9 Å². The number of hydrogen-bond donors (Lipinski definition) is 2. The molecule has 0 amide bonds. The van der Waals surface area contributed by atoms with Crippen LogP contribution in [0, 0.1) is 11.6 Å². The molecule has 2 aromatic rings. The maximum atomic E-state index is 13.6. The molecule has 0 saturated carbocycles. The summed E-state index contributed by atoms with van der Waals surface area (Å²) in [5.74, 6) is -3.28. The fourth-order valence-electron chi connectivity index (χ4n) is 1.37. The van der Waals surface area contributed by atoms with E-state index in [-0.39, 0.29) is 10.9 Å². The Morgan fingerprint density at radius 2 is 1.91 bits per heavy atom. The number of ether oxygens (including phenoxy) is 1. The SMILES string of the molecule is Nc1csc(NN=Cc2c(F)cc(OC(F)(F)F)cc2F)n1. The number of nitrogen functional groups attached to an aromatic ring is 1. The molecule has 22 heavy (non-hydrogen) atoms. The van der Waals surface area contributed by atoms with Crippen LogP contribution in [0.25, 0.3) is 0 Å². The molecule has 0 aliphatic carbocycles. The summed E-state index contributed by atoms with van der Waals surface area (Å²) in [6, 6.07) is 0.804. The van der Waals surface area contributed by atoms with Gasteiger partial charge in [0.15, 0.2) is 0 Å². The van der Waals surface area contributed by atoms with E-state index in [2.05, 4.69) is 20.2 Å². The molecule has 0 radical (unpaired) electrons. The van der Waals surface area contributed by atoms with Crippen molar-refractivity contribution in [3.8, 4) is 5.75 Å². The predicted octanol–water partition coefficient (Wildman–Crippen LogP) is 3.35. The van der Waals surface area contributed by atoms with Crippen molar-refractivity contribution in [1.29, 1.82) is 0 Å². The first-order valence-corrected chi connectivity index (χ1v) is 6.37. The Hall–Kier alpha value is -2.43. The first-order chi connectivity index (χ1) is 10.2. The summed E-state index contributed by atoms with van der Waals surface area (Å²) in [7, 11) is 0. The topological polar surface area (TPSA) is 72.5 Å². The van der Waals surface area contributed by atoms with Crippen molar-refractivity contribution in [2.75, 3.05) is 11.2 Å². The van der Waals surface area contributed by atoms with E-state index in [1.54, 1.807) is 0 Å². The summed E-state index contributed by atoms with van der Waals surface area (Å²) in [6.45, 7) is 0. The minimum absolute atomic E-state index is 0.244. The standard InChI is InChI=1S/C11H7F5N4OS/c12-7-1-5(21-11(14,15)16)2-8(13)6(7)3-18-20-10-19-9(17)4-22-10/h1-4H,17H2,(H,19,20). The number of nitrogens with zero attached hydrogens (tertiary/aromatic N) is 2. The van der Waals surface area contributed by atoms with Gasteiger partial charge >= 0.3 is 6.36 Å². The maximum absolute atomic E-state index is 13.6. The normalized spacial score (nSPS) is 11.9. The van der Waals surface area contributed by atoms with Crippen LogP contribution in [0.1, 0.15) is 5.56 Å². The van der Waals surface area contributed by atoms with Crippen LogP contribution in [-0.2, 0) is 0 Å². The first-order valence-electron chi connectivity index (χ1n) is 5.49. The zero-order chi connectivity index (χ0) is 16.3. The number of rotatable bonds is 4. The minimum atomic E-state index is -5.04. The maximum Gasteiger partial charge on any atom is 0.573 e. The number of aromatic nitrogens is 1. The highest BCUT2D eigenvalue weighted by atomic mass is 32.1. The van der Waals surface area contributed by atoms with Gasteiger partial charge in [0.05, 0.1) is 11.8 Å². The van der Waals surface area contributed by atoms with Crippen molar-refractivity contribution in [2.45, 2.75) is 6.36 Å². The summed E-state index contributed by atoms with van der Waals surface area (Å²) >= 11 is 1.11. The van der Waals surface area contributed by atoms with E-state index < -0.39 is 29.3 Å². The smallest absolute Gasteiger partial charge is 0.406 e. The number of hydrazone groups is 1. The number of thiazole rings is 1. The molecule has 118 valence electrons. The zero-order valence-electron chi connectivity index (χ0n) is 10.5. The molecule has 0 saturated heterocycles. The van der Waals surface area contributed by atoms with Crippen LogP contribution in [0.2, 0.25) is 0 Å². The monoisotopic (exact) mass is 338 g/mol. The van der Waals surface area contributed by atoms with Gasteiger partial charge in [-0.2, -0.15) is 5.10 Å². The second kappa shape index (κ2) is 6.13. The van der Waals surface area contributed by atoms with Gasteiger partial charge in [0, 0.05) is 17.5 Å². The van der Waals surface area contributed by atoms with Gasteiger partial charge in [-0.05, 0) is 0 Å². The largest absolute Gasteiger partial charge is 0.573 e. The predicted molar refractivity (Wildman–Crippen MR) is 70.8 cm³/mol. The molecule has 0 unspecified atom stereocenters. The zero-order valence-corrected chi connectivity index (χ0v) is 11.3. The summed E-state index contributed by atoms with van der Waals surface area (Å²) in [6.07, 6.45) is -4.28. The quantitative estimate of drug-likeness (QED) is 0.509. The van der Waals surface area contributed by atoms with Gasteiger partial charge in [0.1, 0.15) is 23.2 Å².